The topological polar surface area (TPSA) is 80.3 Å². The molecule has 158 valence electrons. The van der Waals surface area contributed by atoms with Crippen LogP contribution in [0.15, 0.2) is 53.4 Å². The first-order valence-electron chi connectivity index (χ1n) is 9.72. The second kappa shape index (κ2) is 7.85. The molecular weight excluding hydrogens is 406 g/mol. The maximum atomic E-state index is 13.2. The van der Waals surface area contributed by atoms with Crippen LogP contribution in [-0.4, -0.2) is 39.6 Å². The van der Waals surface area contributed by atoms with E-state index in [1.54, 1.807) is 12.1 Å². The van der Waals surface area contributed by atoms with E-state index in [9.17, 15) is 16.8 Å². The van der Waals surface area contributed by atoms with Crippen LogP contribution in [0.25, 0.3) is 0 Å². The van der Waals surface area contributed by atoms with Crippen molar-refractivity contribution in [3.8, 4) is 0 Å². The Labute approximate surface area is 174 Å². The molecule has 29 heavy (non-hydrogen) atoms. The predicted octanol–water partition coefficient (Wildman–Crippen LogP) is 3.02. The number of aryl methyl sites for hydroxylation is 1. The van der Waals surface area contributed by atoms with Gasteiger partial charge in [-0.25, -0.2) is 16.8 Å². The lowest BCUT2D eigenvalue weighted by atomic mass is 9.87. The molecule has 0 saturated carbocycles. The van der Waals surface area contributed by atoms with Crippen molar-refractivity contribution in [2.24, 2.45) is 0 Å². The van der Waals surface area contributed by atoms with Gasteiger partial charge in [-0.2, -0.15) is 0 Å². The Morgan fingerprint density at radius 3 is 2.10 bits per heavy atom. The fourth-order valence-corrected chi connectivity index (χ4v) is 8.30. The first kappa shape index (κ1) is 22.0. The highest BCUT2D eigenvalue weighted by Crippen LogP contribution is 2.29. The number of rotatable bonds is 5. The summed E-state index contributed by atoms with van der Waals surface area (Å²) in [4.78, 5) is 0.176. The molecule has 3 rings (SSSR count). The summed E-state index contributed by atoms with van der Waals surface area (Å²) in [7, 11) is -7.19. The van der Waals surface area contributed by atoms with E-state index < -0.39 is 31.0 Å². The lowest BCUT2D eigenvalue weighted by Crippen LogP contribution is -2.43. The van der Waals surface area contributed by atoms with E-state index in [1.165, 1.54) is 0 Å². The van der Waals surface area contributed by atoms with Crippen LogP contribution >= 0.6 is 0 Å². The van der Waals surface area contributed by atoms with Gasteiger partial charge in [0, 0.05) is 12.6 Å². The van der Waals surface area contributed by atoms with Gasteiger partial charge < -0.3 is 5.32 Å². The largest absolute Gasteiger partial charge is 0.308 e. The quantitative estimate of drug-likeness (QED) is 0.781. The third kappa shape index (κ3) is 5.08. The molecule has 0 radical (unpaired) electrons. The molecule has 1 aliphatic heterocycles. The fraction of sp³-hybridized carbons (Fsp3) is 0.455. The second-order valence-corrected chi connectivity index (χ2v) is 13.2. The molecule has 0 aromatic heterocycles. The Morgan fingerprint density at radius 2 is 1.55 bits per heavy atom. The molecule has 0 aliphatic carbocycles. The first-order chi connectivity index (χ1) is 13.4. The zero-order valence-electron chi connectivity index (χ0n) is 17.3. The van der Waals surface area contributed by atoms with E-state index in [0.29, 0.717) is 6.54 Å². The van der Waals surface area contributed by atoms with Crippen molar-refractivity contribution >= 4 is 19.7 Å². The highest BCUT2D eigenvalue weighted by Gasteiger charge is 2.45. The van der Waals surface area contributed by atoms with Gasteiger partial charge in [0.15, 0.2) is 19.7 Å². The zero-order valence-corrected chi connectivity index (χ0v) is 19.0. The van der Waals surface area contributed by atoms with Gasteiger partial charge in [-0.1, -0.05) is 62.7 Å². The molecule has 7 heteroatoms. The summed E-state index contributed by atoms with van der Waals surface area (Å²) in [6.45, 7) is 8.60. The molecule has 0 spiro atoms. The van der Waals surface area contributed by atoms with Crippen LogP contribution in [0.4, 0.5) is 0 Å². The molecule has 2 atom stereocenters. The second-order valence-electron chi connectivity index (χ2n) is 8.91. The summed E-state index contributed by atoms with van der Waals surface area (Å²) < 4.78 is 51.0. The number of nitrogens with one attached hydrogen (secondary N) is 1. The molecular formula is C22H29NO4S2. The molecule has 5 nitrogen and oxygen atoms in total. The van der Waals surface area contributed by atoms with Crippen LogP contribution in [0.1, 0.15) is 37.5 Å². The number of hydrogen-bond acceptors (Lipinski definition) is 5. The predicted molar refractivity (Wildman–Crippen MR) is 117 cm³/mol. The minimum absolute atomic E-state index is 0.0862. The highest BCUT2D eigenvalue weighted by molar-refractivity contribution is 7.96. The highest BCUT2D eigenvalue weighted by atomic mass is 32.2. The maximum absolute atomic E-state index is 13.2. The van der Waals surface area contributed by atoms with Gasteiger partial charge in [-0.05, 0) is 35.6 Å². The van der Waals surface area contributed by atoms with Crippen LogP contribution in [-0.2, 0) is 31.6 Å². The normalized spacial score (nSPS) is 21.9. The van der Waals surface area contributed by atoms with Crippen molar-refractivity contribution in [1.29, 1.82) is 0 Å². The van der Waals surface area contributed by atoms with Crippen molar-refractivity contribution in [1.82, 2.24) is 5.32 Å². The maximum Gasteiger partial charge on any atom is 0.183 e. The molecule has 1 saturated heterocycles. The van der Waals surface area contributed by atoms with Crippen LogP contribution in [0.5, 0.6) is 0 Å². The van der Waals surface area contributed by atoms with Crippen molar-refractivity contribution in [3.05, 3.63) is 65.2 Å². The number of hydrogen-bond donors (Lipinski definition) is 1. The molecule has 2 aromatic rings. The summed E-state index contributed by atoms with van der Waals surface area (Å²) in [5.41, 5.74) is 3.07. The summed E-state index contributed by atoms with van der Waals surface area (Å²) in [6.07, 6.45) is 0. The smallest absolute Gasteiger partial charge is 0.183 e. The molecule has 1 heterocycles. The minimum Gasteiger partial charge on any atom is -0.308 e. The van der Waals surface area contributed by atoms with Crippen LogP contribution in [0.2, 0.25) is 0 Å². The van der Waals surface area contributed by atoms with Gasteiger partial charge in [0.25, 0.3) is 0 Å². The van der Waals surface area contributed by atoms with Gasteiger partial charge >= 0.3 is 0 Å². The zero-order chi connectivity index (χ0) is 21.4. The summed E-state index contributed by atoms with van der Waals surface area (Å²) in [5, 5.41) is 2.19. The van der Waals surface area contributed by atoms with Crippen molar-refractivity contribution < 1.29 is 16.8 Å². The fourth-order valence-electron chi connectivity index (χ4n) is 3.59. The van der Waals surface area contributed by atoms with Crippen LogP contribution < -0.4 is 5.32 Å². The van der Waals surface area contributed by atoms with E-state index in [4.69, 9.17) is 0 Å². The van der Waals surface area contributed by atoms with E-state index in [0.717, 1.165) is 16.7 Å². The average molecular weight is 436 g/mol. The van der Waals surface area contributed by atoms with Gasteiger partial charge in [0.2, 0.25) is 0 Å². The molecule has 1 fully saturated rings. The van der Waals surface area contributed by atoms with Crippen LogP contribution in [0.3, 0.4) is 0 Å². The monoisotopic (exact) mass is 435 g/mol. The number of sulfone groups is 2. The Bertz CT molecular complexity index is 1070. The molecule has 0 unspecified atom stereocenters. The van der Waals surface area contributed by atoms with Gasteiger partial charge in [-0.15, -0.1) is 0 Å². The van der Waals surface area contributed by atoms with E-state index >= 15 is 0 Å². The lowest BCUT2D eigenvalue weighted by Gasteiger charge is -2.22. The van der Waals surface area contributed by atoms with Crippen molar-refractivity contribution in [3.63, 3.8) is 0 Å². The van der Waals surface area contributed by atoms with E-state index in [1.807, 2.05) is 43.3 Å². The number of benzene rings is 2. The Balaban J connectivity index is 1.84. The van der Waals surface area contributed by atoms with Crippen molar-refractivity contribution in [2.75, 3.05) is 11.5 Å². The molecule has 1 N–H and O–H groups in total. The summed E-state index contributed by atoms with van der Waals surface area (Å²) >= 11 is 0. The third-order valence-corrected chi connectivity index (χ3v) is 9.60. The SMILES string of the molecule is Cc1ccc(CN[C@H]2CS(=O)(=O)C[C@@H]2S(=O)(=O)c2ccc(C(C)(C)C)cc2)cc1. The summed E-state index contributed by atoms with van der Waals surface area (Å²) in [6, 6.07) is 14.1. The summed E-state index contributed by atoms with van der Waals surface area (Å²) in [5.74, 6) is -0.509. The standard InChI is InChI=1S/C22H29NO4S2/c1-16-5-7-17(8-6-16)13-23-20-14-28(24,25)15-21(20)29(26,27)19-11-9-18(10-12-19)22(2,3)4/h5-12,20-21,23H,13-15H2,1-4H3/t20-,21-/m0/s1. The third-order valence-electron chi connectivity index (χ3n) is 5.44. The average Bonchev–Trinajstić information content (AvgIpc) is 2.96. The first-order valence-corrected chi connectivity index (χ1v) is 13.1. The molecule has 1 aliphatic rings. The van der Waals surface area contributed by atoms with Gasteiger partial charge in [-0.3, -0.25) is 0 Å². The van der Waals surface area contributed by atoms with Crippen molar-refractivity contribution in [2.45, 2.75) is 55.8 Å². The molecule has 2 aromatic carbocycles. The van der Waals surface area contributed by atoms with Crippen LogP contribution in [0, 0.1) is 6.92 Å². The van der Waals surface area contributed by atoms with Gasteiger partial charge in [0.05, 0.1) is 21.7 Å². The Hall–Kier alpha value is -1.70. The molecule has 0 bridgehead atoms. The minimum atomic E-state index is -3.77. The Morgan fingerprint density at radius 1 is 0.966 bits per heavy atom. The Kier molecular flexibility index (Phi) is 5.96. The van der Waals surface area contributed by atoms with E-state index in [2.05, 4.69) is 26.1 Å². The lowest BCUT2D eigenvalue weighted by molar-refractivity contribution is 0.526. The van der Waals surface area contributed by atoms with E-state index in [-0.39, 0.29) is 21.8 Å². The van der Waals surface area contributed by atoms with Gasteiger partial charge in [0.1, 0.15) is 0 Å². The molecule has 0 amide bonds.